The second-order valence-electron chi connectivity index (χ2n) is 4.50. The van der Waals surface area contributed by atoms with Crippen LogP contribution in [0.1, 0.15) is 29.8 Å². The lowest BCUT2D eigenvalue weighted by atomic mass is 10.0. The topological polar surface area (TPSA) is 47.0 Å². The maximum absolute atomic E-state index is 6.16. The number of methoxy groups -OCH3 is 1. The predicted molar refractivity (Wildman–Crippen MR) is 80.3 cm³/mol. The van der Waals surface area contributed by atoms with Crippen LogP contribution in [-0.2, 0) is 0 Å². The molecule has 0 spiro atoms. The Morgan fingerprint density at radius 2 is 2.00 bits per heavy atom. The number of hydrogen-bond acceptors (Lipinski definition) is 4. The van der Waals surface area contributed by atoms with Crippen LogP contribution < -0.4 is 10.1 Å². The summed E-state index contributed by atoms with van der Waals surface area (Å²) in [4.78, 5) is 8.62. The van der Waals surface area contributed by atoms with Crippen molar-refractivity contribution in [3.8, 4) is 5.88 Å². The molecule has 0 aliphatic carbocycles. The average Bonchev–Trinajstić information content (AvgIpc) is 2.43. The summed E-state index contributed by atoms with van der Waals surface area (Å²) in [5, 5.41) is 4.12. The molecule has 4 nitrogen and oxygen atoms in total. The Morgan fingerprint density at radius 1 is 1.25 bits per heavy atom. The quantitative estimate of drug-likeness (QED) is 0.919. The minimum absolute atomic E-state index is 0.0963. The molecule has 0 aliphatic rings. The molecule has 0 amide bonds. The largest absolute Gasteiger partial charge is 0.480 e. The van der Waals surface area contributed by atoms with Gasteiger partial charge in [-0.2, -0.15) is 0 Å². The SMILES string of the molecule is CCNC(c1cc(C)cc(Cl)c1)c1nccnc1OC. The normalized spacial score (nSPS) is 12.2. The number of nitrogens with one attached hydrogen (secondary N) is 1. The van der Waals surface area contributed by atoms with E-state index >= 15 is 0 Å². The first-order valence-corrected chi connectivity index (χ1v) is 6.89. The van der Waals surface area contributed by atoms with Gasteiger partial charge in [0.15, 0.2) is 0 Å². The fourth-order valence-electron chi connectivity index (χ4n) is 2.20. The number of halogens is 1. The van der Waals surface area contributed by atoms with E-state index < -0.39 is 0 Å². The molecule has 0 bridgehead atoms. The first kappa shape index (κ1) is 14.8. The lowest BCUT2D eigenvalue weighted by molar-refractivity contribution is 0.383. The first-order chi connectivity index (χ1) is 9.65. The van der Waals surface area contributed by atoms with Crippen LogP contribution in [-0.4, -0.2) is 23.6 Å². The van der Waals surface area contributed by atoms with E-state index in [4.69, 9.17) is 16.3 Å². The van der Waals surface area contributed by atoms with E-state index in [0.29, 0.717) is 10.9 Å². The molecule has 0 saturated carbocycles. The Hall–Kier alpha value is -1.65. The zero-order valence-corrected chi connectivity index (χ0v) is 12.6. The van der Waals surface area contributed by atoms with Gasteiger partial charge in [-0.3, -0.25) is 4.98 Å². The van der Waals surface area contributed by atoms with Gasteiger partial charge in [0.1, 0.15) is 5.69 Å². The summed E-state index contributed by atoms with van der Waals surface area (Å²) in [5.41, 5.74) is 2.92. The molecule has 0 saturated heterocycles. The lowest BCUT2D eigenvalue weighted by Gasteiger charge is -2.20. The molecule has 1 unspecified atom stereocenters. The molecule has 1 atom stereocenters. The van der Waals surface area contributed by atoms with Crippen LogP contribution >= 0.6 is 11.6 Å². The maximum atomic E-state index is 6.16. The molecule has 2 rings (SSSR count). The van der Waals surface area contributed by atoms with Gasteiger partial charge in [0.2, 0.25) is 5.88 Å². The molecule has 2 aromatic rings. The number of nitrogens with zero attached hydrogens (tertiary/aromatic N) is 2. The van der Waals surface area contributed by atoms with Gasteiger partial charge in [-0.15, -0.1) is 0 Å². The number of aryl methyl sites for hydroxylation is 1. The summed E-state index contributed by atoms with van der Waals surface area (Å²) in [6.07, 6.45) is 3.29. The van der Waals surface area contributed by atoms with Crippen LogP contribution in [0.25, 0.3) is 0 Å². The van der Waals surface area contributed by atoms with Crippen molar-refractivity contribution in [2.45, 2.75) is 19.9 Å². The van der Waals surface area contributed by atoms with E-state index in [9.17, 15) is 0 Å². The third kappa shape index (κ3) is 3.26. The molecular weight excluding hydrogens is 274 g/mol. The summed E-state index contributed by atoms with van der Waals surface area (Å²) in [7, 11) is 1.60. The fraction of sp³-hybridized carbons (Fsp3) is 0.333. The standard InChI is InChI=1S/C15H18ClN3O/c1-4-17-13(11-7-10(2)8-12(16)9-11)14-15(20-3)19-6-5-18-14/h5-9,13,17H,4H2,1-3H3. The summed E-state index contributed by atoms with van der Waals surface area (Å²) in [6.45, 7) is 4.87. The smallest absolute Gasteiger partial charge is 0.237 e. The zero-order valence-electron chi connectivity index (χ0n) is 11.9. The number of rotatable bonds is 5. The number of benzene rings is 1. The van der Waals surface area contributed by atoms with Crippen LogP contribution in [0.2, 0.25) is 5.02 Å². The van der Waals surface area contributed by atoms with Crippen molar-refractivity contribution in [1.82, 2.24) is 15.3 Å². The molecule has 1 N–H and O–H groups in total. The van der Waals surface area contributed by atoms with Crippen LogP contribution in [0.3, 0.4) is 0 Å². The molecular formula is C15H18ClN3O. The highest BCUT2D eigenvalue weighted by atomic mass is 35.5. The van der Waals surface area contributed by atoms with E-state index in [1.54, 1.807) is 19.5 Å². The Labute approximate surface area is 124 Å². The van der Waals surface area contributed by atoms with Crippen molar-refractivity contribution in [1.29, 1.82) is 0 Å². The van der Waals surface area contributed by atoms with Crippen molar-refractivity contribution in [2.75, 3.05) is 13.7 Å². The predicted octanol–water partition coefficient (Wildman–Crippen LogP) is 3.15. The molecule has 1 aromatic heterocycles. The second kappa shape index (κ2) is 6.68. The Morgan fingerprint density at radius 3 is 2.65 bits per heavy atom. The van der Waals surface area contributed by atoms with Gasteiger partial charge in [0.25, 0.3) is 0 Å². The van der Waals surface area contributed by atoms with Gasteiger partial charge in [-0.25, -0.2) is 4.98 Å². The number of aromatic nitrogens is 2. The molecule has 0 radical (unpaired) electrons. The van der Waals surface area contributed by atoms with Crippen LogP contribution in [0.5, 0.6) is 5.88 Å². The van der Waals surface area contributed by atoms with E-state index in [2.05, 4.69) is 21.4 Å². The highest BCUT2D eigenvalue weighted by Gasteiger charge is 2.20. The van der Waals surface area contributed by atoms with Crippen molar-refractivity contribution in [3.63, 3.8) is 0 Å². The van der Waals surface area contributed by atoms with Gasteiger partial charge in [0, 0.05) is 17.4 Å². The molecule has 20 heavy (non-hydrogen) atoms. The molecule has 5 heteroatoms. The van der Waals surface area contributed by atoms with Crippen molar-refractivity contribution in [3.05, 3.63) is 52.4 Å². The Balaban J connectivity index is 2.50. The third-order valence-electron chi connectivity index (χ3n) is 2.96. The van der Waals surface area contributed by atoms with E-state index in [1.165, 1.54) is 0 Å². The van der Waals surface area contributed by atoms with Gasteiger partial charge < -0.3 is 10.1 Å². The monoisotopic (exact) mass is 291 g/mol. The first-order valence-electron chi connectivity index (χ1n) is 6.51. The minimum atomic E-state index is -0.0963. The van der Waals surface area contributed by atoms with Crippen LogP contribution in [0.4, 0.5) is 0 Å². The average molecular weight is 292 g/mol. The summed E-state index contributed by atoms with van der Waals surface area (Å²) in [5.74, 6) is 0.524. The molecule has 0 fully saturated rings. The van der Waals surface area contributed by atoms with Crippen molar-refractivity contribution >= 4 is 11.6 Å². The lowest BCUT2D eigenvalue weighted by Crippen LogP contribution is -2.24. The second-order valence-corrected chi connectivity index (χ2v) is 4.94. The van der Waals surface area contributed by atoms with Gasteiger partial charge >= 0.3 is 0 Å². The third-order valence-corrected chi connectivity index (χ3v) is 3.18. The summed E-state index contributed by atoms with van der Waals surface area (Å²) >= 11 is 6.16. The van der Waals surface area contributed by atoms with Crippen molar-refractivity contribution in [2.24, 2.45) is 0 Å². The summed E-state index contributed by atoms with van der Waals surface area (Å²) < 4.78 is 5.31. The highest BCUT2D eigenvalue weighted by Crippen LogP contribution is 2.28. The maximum Gasteiger partial charge on any atom is 0.237 e. The van der Waals surface area contributed by atoms with Crippen LogP contribution in [0.15, 0.2) is 30.6 Å². The number of ether oxygens (including phenoxy) is 1. The Kier molecular flexibility index (Phi) is 4.93. The molecule has 0 aliphatic heterocycles. The zero-order chi connectivity index (χ0) is 14.5. The molecule has 1 heterocycles. The van der Waals surface area contributed by atoms with E-state index in [0.717, 1.165) is 23.4 Å². The van der Waals surface area contributed by atoms with E-state index in [1.807, 2.05) is 26.0 Å². The minimum Gasteiger partial charge on any atom is -0.480 e. The van der Waals surface area contributed by atoms with Crippen molar-refractivity contribution < 1.29 is 4.74 Å². The highest BCUT2D eigenvalue weighted by molar-refractivity contribution is 6.30. The number of hydrogen-bond donors (Lipinski definition) is 1. The van der Waals surface area contributed by atoms with Gasteiger partial charge in [0.05, 0.1) is 13.2 Å². The molecule has 106 valence electrons. The van der Waals surface area contributed by atoms with Gasteiger partial charge in [-0.05, 0) is 36.7 Å². The fourth-order valence-corrected chi connectivity index (χ4v) is 2.50. The van der Waals surface area contributed by atoms with Crippen LogP contribution in [0, 0.1) is 6.92 Å². The van der Waals surface area contributed by atoms with Gasteiger partial charge in [-0.1, -0.05) is 24.6 Å². The van der Waals surface area contributed by atoms with E-state index in [-0.39, 0.29) is 6.04 Å². The molecule has 1 aromatic carbocycles. The Bertz CT molecular complexity index is 569. The summed E-state index contributed by atoms with van der Waals surface area (Å²) in [6, 6.07) is 5.87.